The van der Waals surface area contributed by atoms with E-state index in [1.807, 2.05) is 38.2 Å². The van der Waals surface area contributed by atoms with Crippen molar-refractivity contribution in [2.75, 3.05) is 44.2 Å². The molecule has 290 valence electrons. The molecule has 7 rings (SSSR count). The number of nitrogens with one attached hydrogen (secondary N) is 3. The summed E-state index contributed by atoms with van der Waals surface area (Å²) in [7, 11) is 0. The molecule has 56 heavy (non-hydrogen) atoms. The predicted octanol–water partition coefficient (Wildman–Crippen LogP) is 3.31. The Hall–Kier alpha value is -5.89. The fourth-order valence-corrected chi connectivity index (χ4v) is 7.41. The first-order valence-electron chi connectivity index (χ1n) is 18.5. The number of aromatic amines is 1. The summed E-state index contributed by atoms with van der Waals surface area (Å²) in [6.45, 7) is 8.69. The van der Waals surface area contributed by atoms with Gasteiger partial charge in [0, 0.05) is 69.2 Å². The molecule has 3 aliphatic rings. The molecule has 5 heterocycles. The highest BCUT2D eigenvalue weighted by molar-refractivity contribution is 6.32. The molecule has 2 aromatic carbocycles. The molecule has 3 aliphatic heterocycles. The van der Waals surface area contributed by atoms with E-state index in [2.05, 4.69) is 35.7 Å². The van der Waals surface area contributed by atoms with Gasteiger partial charge in [0.1, 0.15) is 17.8 Å². The second kappa shape index (κ2) is 16.5. The number of piperazine rings is 1. The number of piperidine rings is 1. The number of rotatable bonds is 13. The van der Waals surface area contributed by atoms with Crippen LogP contribution >= 0.6 is 11.6 Å². The molecular formula is C39H41ClN10O6. The molecule has 3 atom stereocenters. The number of carbonyl (C=O) groups is 5. The summed E-state index contributed by atoms with van der Waals surface area (Å²) in [6.07, 6.45) is 2.53. The van der Waals surface area contributed by atoms with Gasteiger partial charge in [0.25, 0.3) is 17.7 Å². The number of ether oxygens (including phenoxy) is 1. The number of halogens is 1. The van der Waals surface area contributed by atoms with Gasteiger partial charge in [-0.2, -0.15) is 15.5 Å². The lowest BCUT2D eigenvalue weighted by Crippen LogP contribution is -2.54. The maximum absolute atomic E-state index is 13.3. The number of aromatic nitrogens is 4. The first kappa shape index (κ1) is 38.4. The minimum atomic E-state index is -0.989. The topological polar surface area (TPSA) is 199 Å². The van der Waals surface area contributed by atoms with Crippen molar-refractivity contribution in [2.45, 2.75) is 57.8 Å². The molecule has 17 heteroatoms. The third kappa shape index (κ3) is 8.20. The maximum atomic E-state index is 13.3. The van der Waals surface area contributed by atoms with Crippen LogP contribution in [0.3, 0.4) is 0 Å². The molecule has 0 aliphatic carbocycles. The van der Waals surface area contributed by atoms with Crippen molar-refractivity contribution in [1.29, 1.82) is 5.26 Å². The number of hydrogen-bond acceptors (Lipinski definition) is 11. The molecular weight excluding hydrogens is 740 g/mol. The van der Waals surface area contributed by atoms with E-state index in [0.29, 0.717) is 35.1 Å². The first-order valence-corrected chi connectivity index (χ1v) is 18.9. The van der Waals surface area contributed by atoms with E-state index in [1.54, 1.807) is 41.1 Å². The van der Waals surface area contributed by atoms with Gasteiger partial charge in [-0.3, -0.25) is 48.9 Å². The predicted molar refractivity (Wildman–Crippen MR) is 204 cm³/mol. The largest absolute Gasteiger partial charge is 0.372 e. The molecule has 0 saturated carbocycles. The molecule has 3 N–H and O–H groups in total. The minimum Gasteiger partial charge on any atom is -0.372 e. The van der Waals surface area contributed by atoms with E-state index in [1.165, 1.54) is 0 Å². The summed E-state index contributed by atoms with van der Waals surface area (Å²) in [5.41, 5.74) is 4.25. The summed E-state index contributed by atoms with van der Waals surface area (Å²) in [4.78, 5) is 68.7. The summed E-state index contributed by atoms with van der Waals surface area (Å²) >= 11 is 6.18. The van der Waals surface area contributed by atoms with Crippen LogP contribution in [-0.4, -0.2) is 111 Å². The van der Waals surface area contributed by atoms with Crippen LogP contribution in [0.2, 0.25) is 5.02 Å². The number of imide groups is 2. The second-order valence-corrected chi connectivity index (χ2v) is 14.6. The van der Waals surface area contributed by atoms with Crippen molar-refractivity contribution in [3.63, 3.8) is 0 Å². The van der Waals surface area contributed by atoms with Crippen molar-refractivity contribution in [1.82, 2.24) is 40.4 Å². The Kier molecular flexibility index (Phi) is 11.3. The van der Waals surface area contributed by atoms with Crippen LogP contribution in [-0.2, 0) is 20.9 Å². The highest BCUT2D eigenvalue weighted by Gasteiger charge is 2.44. The Bertz CT molecular complexity index is 2220. The Morgan fingerprint density at radius 2 is 1.82 bits per heavy atom. The quantitative estimate of drug-likeness (QED) is 0.133. The van der Waals surface area contributed by atoms with Gasteiger partial charge in [-0.25, -0.2) is 0 Å². The van der Waals surface area contributed by atoms with Crippen LogP contribution in [0, 0.1) is 11.3 Å². The van der Waals surface area contributed by atoms with Crippen LogP contribution in [0.4, 0.5) is 5.69 Å². The number of carbonyl (C=O) groups excluding carboxylic acids is 5. The number of nitrogens with zero attached hydrogens (tertiary/aromatic N) is 7. The fourth-order valence-electron chi connectivity index (χ4n) is 7.19. The van der Waals surface area contributed by atoms with Gasteiger partial charge in [0.05, 0.1) is 45.7 Å². The minimum absolute atomic E-state index is 0.0776. The average molecular weight is 781 g/mol. The molecule has 0 spiro atoms. The Labute approximate surface area is 327 Å². The number of nitriles is 1. The SMILES string of the molecule is CC(OCCCN1CCN(c2ccc3c(c2)C(=O)N(C2CCC(=O)NC2=O)C3=O)CC1)c1cc(C(=O)N[C@@H](C)Cn2ccc(-c3ccc(C#N)c(Cl)c3)n2)n[nH]1. The zero-order chi connectivity index (χ0) is 39.5. The molecule has 2 saturated heterocycles. The monoisotopic (exact) mass is 780 g/mol. The Morgan fingerprint density at radius 3 is 2.57 bits per heavy atom. The molecule has 5 amide bonds. The van der Waals surface area contributed by atoms with E-state index >= 15 is 0 Å². The number of benzene rings is 2. The highest BCUT2D eigenvalue weighted by Crippen LogP contribution is 2.31. The molecule has 0 bridgehead atoms. The molecule has 4 aromatic rings. The van der Waals surface area contributed by atoms with Gasteiger partial charge >= 0.3 is 0 Å². The first-order chi connectivity index (χ1) is 27.0. The van der Waals surface area contributed by atoms with Gasteiger partial charge < -0.3 is 15.0 Å². The second-order valence-electron chi connectivity index (χ2n) is 14.2. The molecule has 16 nitrogen and oxygen atoms in total. The van der Waals surface area contributed by atoms with Crippen LogP contribution in [0.5, 0.6) is 0 Å². The van der Waals surface area contributed by atoms with E-state index in [0.717, 1.165) is 55.3 Å². The van der Waals surface area contributed by atoms with Crippen molar-refractivity contribution >= 4 is 46.8 Å². The normalized spacial score (nSPS) is 18.4. The van der Waals surface area contributed by atoms with Crippen LogP contribution in [0.1, 0.15) is 81.7 Å². The van der Waals surface area contributed by atoms with Gasteiger partial charge in [0.2, 0.25) is 11.8 Å². The molecule has 2 aromatic heterocycles. The summed E-state index contributed by atoms with van der Waals surface area (Å²) in [5.74, 6) is -2.37. The third-order valence-corrected chi connectivity index (χ3v) is 10.6. The summed E-state index contributed by atoms with van der Waals surface area (Å²) < 4.78 is 7.80. The van der Waals surface area contributed by atoms with Crippen LogP contribution < -0.4 is 15.5 Å². The van der Waals surface area contributed by atoms with E-state index in [4.69, 9.17) is 21.6 Å². The fraction of sp³-hybridized carbons (Fsp3) is 0.385. The number of fused-ring (bicyclic) bond motifs is 1. The maximum Gasteiger partial charge on any atom is 0.272 e. The Balaban J connectivity index is 0.819. The van der Waals surface area contributed by atoms with E-state index in [-0.39, 0.29) is 47.7 Å². The number of anilines is 1. The number of hydrogen-bond donors (Lipinski definition) is 3. The van der Waals surface area contributed by atoms with E-state index in [9.17, 15) is 24.0 Å². The average Bonchev–Trinajstić information content (AvgIpc) is 3.93. The lowest BCUT2D eigenvalue weighted by atomic mass is 10.0. The number of amides is 5. The molecule has 2 fully saturated rings. The standard InChI is InChI=1S/C39H41ClN10O6/c1-23(22-49-12-10-31(46-49)25-4-5-26(21-41)30(40)18-25)42-36(52)33-20-32(44-45-33)24(2)56-17-3-11-47-13-15-48(16-14-47)27-6-7-28-29(19-27)39(55)50(38(28)54)34-8-9-35(51)43-37(34)53/h4-7,10,12,18-20,23-24,34H,3,8-9,11,13-17,22H2,1-2H3,(H,42,52)(H,44,45)(H,43,51,53)/t23-,24?,34?/m0/s1. The van der Waals surface area contributed by atoms with Crippen molar-refractivity contribution in [3.05, 3.63) is 87.8 Å². The van der Waals surface area contributed by atoms with Crippen molar-refractivity contribution in [3.8, 4) is 17.3 Å². The van der Waals surface area contributed by atoms with Gasteiger partial charge in [-0.05, 0) is 69.2 Å². The van der Waals surface area contributed by atoms with E-state index < -0.39 is 29.7 Å². The van der Waals surface area contributed by atoms with Crippen LogP contribution in [0.15, 0.2) is 54.7 Å². The molecule has 2 unspecified atom stereocenters. The van der Waals surface area contributed by atoms with Gasteiger partial charge in [0.15, 0.2) is 0 Å². The smallest absolute Gasteiger partial charge is 0.272 e. The lowest BCUT2D eigenvalue weighted by Gasteiger charge is -2.36. The highest BCUT2D eigenvalue weighted by atomic mass is 35.5. The van der Waals surface area contributed by atoms with Crippen molar-refractivity contribution < 1.29 is 28.7 Å². The number of H-pyrrole nitrogens is 1. The van der Waals surface area contributed by atoms with Crippen LogP contribution in [0.25, 0.3) is 11.3 Å². The lowest BCUT2D eigenvalue weighted by molar-refractivity contribution is -0.136. The molecule has 0 radical (unpaired) electrons. The van der Waals surface area contributed by atoms with Gasteiger partial charge in [-0.15, -0.1) is 0 Å². The van der Waals surface area contributed by atoms with Crippen molar-refractivity contribution in [2.24, 2.45) is 0 Å². The summed E-state index contributed by atoms with van der Waals surface area (Å²) in [6, 6.07) is 14.7. The zero-order valence-electron chi connectivity index (χ0n) is 31.0. The van der Waals surface area contributed by atoms with Gasteiger partial charge in [-0.1, -0.05) is 17.7 Å². The third-order valence-electron chi connectivity index (χ3n) is 10.3. The summed E-state index contributed by atoms with van der Waals surface area (Å²) in [5, 5.41) is 26.4. The Morgan fingerprint density at radius 1 is 1.04 bits per heavy atom. The zero-order valence-corrected chi connectivity index (χ0v) is 31.7.